The van der Waals surface area contributed by atoms with Gasteiger partial charge in [-0.2, -0.15) is 0 Å². The van der Waals surface area contributed by atoms with Crippen LogP contribution in [0.15, 0.2) is 30.6 Å². The third kappa shape index (κ3) is 4.69. The number of rotatable bonds is 5. The van der Waals surface area contributed by atoms with Crippen LogP contribution in [-0.4, -0.2) is 79.4 Å². The van der Waals surface area contributed by atoms with Crippen molar-refractivity contribution in [3.8, 4) is 5.69 Å². The first-order valence-corrected chi connectivity index (χ1v) is 12.4. The van der Waals surface area contributed by atoms with E-state index in [1.54, 1.807) is 24.3 Å². The second-order valence-electron chi connectivity index (χ2n) is 10.5. The molecule has 1 aromatic carbocycles. The minimum absolute atomic E-state index is 0.0348. The molecule has 1 aromatic heterocycles. The summed E-state index contributed by atoms with van der Waals surface area (Å²) in [6.45, 7) is 4.63. The normalized spacial score (nSPS) is 27.0. The second kappa shape index (κ2) is 9.31. The second-order valence-corrected chi connectivity index (χ2v) is 11.0. The summed E-state index contributed by atoms with van der Waals surface area (Å²) in [6.07, 6.45) is 4.48. The number of nitrogens with zero attached hydrogens (tertiary/aromatic N) is 5. The summed E-state index contributed by atoms with van der Waals surface area (Å²) in [7, 11) is 0. The van der Waals surface area contributed by atoms with Gasteiger partial charge in [0.15, 0.2) is 5.78 Å². The molecule has 1 saturated carbocycles. The lowest BCUT2D eigenvalue weighted by atomic mass is 9.71. The van der Waals surface area contributed by atoms with Crippen molar-refractivity contribution < 1.29 is 19.1 Å². The number of carbonyl (C=O) groups excluding carboxylic acids is 3. The van der Waals surface area contributed by atoms with Crippen LogP contribution >= 0.6 is 11.6 Å². The lowest BCUT2D eigenvalue weighted by Crippen LogP contribution is -2.55. The van der Waals surface area contributed by atoms with Gasteiger partial charge in [-0.05, 0) is 65.6 Å². The van der Waals surface area contributed by atoms with Crippen LogP contribution in [0.5, 0.6) is 0 Å². The topological polar surface area (TPSA) is 119 Å². The zero-order chi connectivity index (χ0) is 24.7. The molecule has 3 heterocycles. The Morgan fingerprint density at radius 2 is 2.03 bits per heavy atom. The van der Waals surface area contributed by atoms with Crippen molar-refractivity contribution in [1.82, 2.24) is 30.4 Å². The number of nitrogens with one attached hydrogen (secondary N) is 1. The highest BCUT2D eigenvalue weighted by Gasteiger charge is 2.53. The van der Waals surface area contributed by atoms with E-state index >= 15 is 0 Å². The summed E-state index contributed by atoms with van der Waals surface area (Å²) in [5.41, 5.74) is 1.22. The molecule has 3 aliphatic rings. The summed E-state index contributed by atoms with van der Waals surface area (Å²) < 4.78 is 7.01. The molecule has 4 atom stereocenters. The van der Waals surface area contributed by atoms with Crippen molar-refractivity contribution >= 4 is 29.2 Å². The van der Waals surface area contributed by atoms with Crippen LogP contribution in [0, 0.1) is 11.3 Å². The minimum Gasteiger partial charge on any atom is -0.366 e. The smallest absolute Gasteiger partial charge is 0.252 e. The summed E-state index contributed by atoms with van der Waals surface area (Å²) in [5.74, 6) is -0.810. The number of hydrogen-bond acceptors (Lipinski definition) is 7. The van der Waals surface area contributed by atoms with E-state index in [2.05, 4.69) is 34.7 Å². The zero-order valence-electron chi connectivity index (χ0n) is 19.8. The van der Waals surface area contributed by atoms with E-state index in [1.165, 1.54) is 15.9 Å². The van der Waals surface area contributed by atoms with Crippen molar-refractivity contribution in [3.63, 3.8) is 0 Å². The highest BCUT2D eigenvalue weighted by molar-refractivity contribution is 6.22. The lowest BCUT2D eigenvalue weighted by molar-refractivity contribution is -0.139. The molecule has 1 N–H and O–H groups in total. The SMILES string of the molecule is CC1(C)CCC([C@H](NC(=O)c2cccc(-n3cnnn3)c2)C(=O)N2C[C@H](Cl)[C@H]3OCC(=O)[C@H]32)CC1. The van der Waals surface area contributed by atoms with Crippen LogP contribution in [0.2, 0.25) is 0 Å². The number of ketones is 1. The molecular formula is C24H29ClN6O4. The number of benzene rings is 1. The van der Waals surface area contributed by atoms with E-state index in [-0.39, 0.29) is 42.1 Å². The Balaban J connectivity index is 1.40. The van der Waals surface area contributed by atoms with Gasteiger partial charge < -0.3 is 15.0 Å². The molecule has 1 aliphatic carbocycles. The van der Waals surface area contributed by atoms with Gasteiger partial charge in [-0.25, -0.2) is 4.68 Å². The molecule has 5 rings (SSSR count). The summed E-state index contributed by atoms with van der Waals surface area (Å²) in [4.78, 5) is 41.3. The van der Waals surface area contributed by atoms with Gasteiger partial charge in [-0.1, -0.05) is 19.9 Å². The fraction of sp³-hybridized carbons (Fsp3) is 0.583. The molecule has 0 radical (unpaired) electrons. The van der Waals surface area contributed by atoms with Gasteiger partial charge in [-0.3, -0.25) is 14.4 Å². The van der Waals surface area contributed by atoms with E-state index in [0.717, 1.165) is 25.7 Å². The standard InChI is InChI=1S/C24H29ClN6O4/c1-24(2)8-6-14(7-9-24)19(23(34)30-11-17(25)21-20(30)18(32)12-35-21)27-22(33)15-4-3-5-16(10-15)31-13-26-28-29-31/h3-5,10,13-14,17,19-21H,6-9,11-12H2,1-2H3,(H,27,33)/t17-,19-,20+,21+/m0/s1. The molecule has 10 nitrogen and oxygen atoms in total. The average Bonchev–Trinajstić information content (AvgIpc) is 3.57. The van der Waals surface area contributed by atoms with E-state index < -0.39 is 23.6 Å². The van der Waals surface area contributed by atoms with Crippen LogP contribution in [0.4, 0.5) is 0 Å². The number of Topliss-reactive ketones (excluding diaryl/α,β-unsaturated/α-hetero) is 1. The van der Waals surface area contributed by atoms with Crippen molar-refractivity contribution in [2.45, 2.75) is 63.1 Å². The molecule has 0 unspecified atom stereocenters. The zero-order valence-corrected chi connectivity index (χ0v) is 20.5. The Labute approximate surface area is 208 Å². The van der Waals surface area contributed by atoms with Crippen LogP contribution in [0.1, 0.15) is 49.9 Å². The molecule has 11 heteroatoms. The first-order valence-electron chi connectivity index (χ1n) is 12.0. The van der Waals surface area contributed by atoms with Crippen molar-refractivity contribution in [3.05, 3.63) is 36.2 Å². The number of carbonyl (C=O) groups is 3. The monoisotopic (exact) mass is 500 g/mol. The highest BCUT2D eigenvalue weighted by Crippen LogP contribution is 2.40. The third-order valence-corrected chi connectivity index (χ3v) is 7.92. The molecule has 0 spiro atoms. The molecule has 0 bridgehead atoms. The van der Waals surface area contributed by atoms with Gasteiger partial charge in [0.2, 0.25) is 5.91 Å². The van der Waals surface area contributed by atoms with Crippen LogP contribution < -0.4 is 5.32 Å². The van der Waals surface area contributed by atoms with Gasteiger partial charge in [0.1, 0.15) is 31.1 Å². The Kier molecular flexibility index (Phi) is 6.35. The number of hydrogen-bond donors (Lipinski definition) is 1. The summed E-state index contributed by atoms with van der Waals surface area (Å²) in [6, 6.07) is 5.44. The Hall–Kier alpha value is -2.85. The van der Waals surface area contributed by atoms with Gasteiger partial charge in [0.05, 0.1) is 11.1 Å². The molecule has 186 valence electrons. The average molecular weight is 501 g/mol. The number of fused-ring (bicyclic) bond motifs is 1. The van der Waals surface area contributed by atoms with Crippen LogP contribution in [-0.2, 0) is 14.3 Å². The fourth-order valence-corrected chi connectivity index (χ4v) is 5.79. The highest BCUT2D eigenvalue weighted by atomic mass is 35.5. The quantitative estimate of drug-likeness (QED) is 0.621. The van der Waals surface area contributed by atoms with Gasteiger partial charge >= 0.3 is 0 Å². The van der Waals surface area contributed by atoms with E-state index in [9.17, 15) is 14.4 Å². The Morgan fingerprint density at radius 1 is 1.26 bits per heavy atom. The first kappa shape index (κ1) is 23.9. The number of halogens is 1. The van der Waals surface area contributed by atoms with Gasteiger partial charge in [0.25, 0.3) is 5.91 Å². The van der Waals surface area contributed by atoms with Crippen molar-refractivity contribution in [2.24, 2.45) is 11.3 Å². The van der Waals surface area contributed by atoms with Crippen molar-refractivity contribution in [2.75, 3.05) is 13.2 Å². The lowest BCUT2D eigenvalue weighted by Gasteiger charge is -2.39. The molecule has 2 aromatic rings. The number of likely N-dealkylation sites (tertiary alicyclic amines) is 1. The summed E-state index contributed by atoms with van der Waals surface area (Å²) in [5, 5.41) is 13.7. The number of alkyl halides is 1. The van der Waals surface area contributed by atoms with E-state index in [4.69, 9.17) is 16.3 Å². The van der Waals surface area contributed by atoms with Crippen LogP contribution in [0.25, 0.3) is 5.69 Å². The van der Waals surface area contributed by atoms with Crippen molar-refractivity contribution in [1.29, 1.82) is 0 Å². The molecule has 35 heavy (non-hydrogen) atoms. The molecule has 2 amide bonds. The van der Waals surface area contributed by atoms with Gasteiger partial charge in [0, 0.05) is 12.1 Å². The van der Waals surface area contributed by atoms with E-state index in [0.29, 0.717) is 11.3 Å². The largest absolute Gasteiger partial charge is 0.366 e. The first-order chi connectivity index (χ1) is 16.7. The molecule has 3 fully saturated rings. The minimum atomic E-state index is -0.758. The number of tetrazole rings is 1. The maximum Gasteiger partial charge on any atom is 0.252 e. The molecule has 2 saturated heterocycles. The number of amides is 2. The number of ether oxygens (including phenoxy) is 1. The maximum absolute atomic E-state index is 13.9. The Morgan fingerprint density at radius 3 is 2.74 bits per heavy atom. The fourth-order valence-electron chi connectivity index (χ4n) is 5.43. The number of aromatic nitrogens is 4. The predicted octanol–water partition coefficient (Wildman–Crippen LogP) is 1.76. The Bertz CT molecular complexity index is 1110. The van der Waals surface area contributed by atoms with Gasteiger partial charge in [-0.15, -0.1) is 16.7 Å². The summed E-state index contributed by atoms with van der Waals surface area (Å²) >= 11 is 6.44. The third-order valence-electron chi connectivity index (χ3n) is 7.54. The maximum atomic E-state index is 13.9. The van der Waals surface area contributed by atoms with E-state index in [1.807, 2.05) is 0 Å². The van der Waals surface area contributed by atoms with Crippen LogP contribution in [0.3, 0.4) is 0 Å². The predicted molar refractivity (Wildman–Crippen MR) is 126 cm³/mol. The molecular weight excluding hydrogens is 472 g/mol. The molecule has 2 aliphatic heterocycles.